The highest BCUT2D eigenvalue weighted by Crippen LogP contribution is 2.34. The molecule has 1 aliphatic rings. The molecule has 1 aromatic carbocycles. The van der Waals surface area contributed by atoms with Crippen LogP contribution < -0.4 is 5.32 Å². The summed E-state index contributed by atoms with van der Waals surface area (Å²) in [4.78, 5) is 3.02. The minimum atomic E-state index is -0.160. The quantitative estimate of drug-likeness (QED) is 0.818. The third kappa shape index (κ3) is 3.53. The van der Waals surface area contributed by atoms with E-state index in [9.17, 15) is 4.39 Å². The summed E-state index contributed by atoms with van der Waals surface area (Å²) in [6.07, 6.45) is 5.86. The first-order chi connectivity index (χ1) is 10.3. The van der Waals surface area contributed by atoms with E-state index in [0.717, 1.165) is 19.4 Å². The van der Waals surface area contributed by atoms with Crippen molar-refractivity contribution < 1.29 is 4.39 Å². The highest BCUT2D eigenvalue weighted by atomic mass is 32.1. The van der Waals surface area contributed by atoms with Crippen LogP contribution in [0.25, 0.3) is 0 Å². The maximum atomic E-state index is 13.0. The molecule has 0 saturated heterocycles. The first kappa shape index (κ1) is 14.7. The first-order valence-electron chi connectivity index (χ1n) is 7.85. The molecule has 1 nitrogen and oxygen atoms in total. The summed E-state index contributed by atoms with van der Waals surface area (Å²) in [5.41, 5.74) is 2.75. The van der Waals surface area contributed by atoms with Crippen molar-refractivity contribution >= 4 is 11.3 Å². The molecule has 112 valence electrons. The van der Waals surface area contributed by atoms with E-state index in [4.69, 9.17) is 0 Å². The second-order valence-corrected chi connectivity index (χ2v) is 6.96. The van der Waals surface area contributed by atoms with Gasteiger partial charge in [0.25, 0.3) is 0 Å². The molecule has 2 aromatic rings. The first-order valence-corrected chi connectivity index (χ1v) is 8.67. The standard InChI is InChI=1S/C18H22FNS/c1-2-10-20-16(11-13-6-8-15(19)9-7-13)18-12-14-4-3-5-17(14)21-18/h6-9,12,16,20H,2-5,10-11H2,1H3. The predicted molar refractivity (Wildman–Crippen MR) is 87.5 cm³/mol. The van der Waals surface area contributed by atoms with E-state index in [1.54, 1.807) is 22.6 Å². The van der Waals surface area contributed by atoms with Gasteiger partial charge in [-0.3, -0.25) is 0 Å². The lowest BCUT2D eigenvalue weighted by molar-refractivity contribution is 0.535. The maximum absolute atomic E-state index is 13.0. The number of rotatable bonds is 6. The van der Waals surface area contributed by atoms with Crippen LogP contribution in [0, 0.1) is 5.82 Å². The van der Waals surface area contributed by atoms with E-state index in [2.05, 4.69) is 18.3 Å². The molecule has 1 heterocycles. The molecule has 0 radical (unpaired) electrons. The average Bonchev–Trinajstić information content (AvgIpc) is 3.06. The number of fused-ring (bicyclic) bond motifs is 1. The molecule has 1 aliphatic carbocycles. The molecule has 0 amide bonds. The van der Waals surface area contributed by atoms with E-state index >= 15 is 0 Å². The van der Waals surface area contributed by atoms with Gasteiger partial charge in [0.15, 0.2) is 0 Å². The highest BCUT2D eigenvalue weighted by molar-refractivity contribution is 7.12. The van der Waals surface area contributed by atoms with Gasteiger partial charge >= 0.3 is 0 Å². The molecule has 0 saturated carbocycles. The number of thiophene rings is 1. The van der Waals surface area contributed by atoms with Crippen LogP contribution in [0.3, 0.4) is 0 Å². The van der Waals surface area contributed by atoms with Crippen molar-refractivity contribution in [2.45, 2.75) is 45.1 Å². The van der Waals surface area contributed by atoms with Crippen LogP contribution in [0.5, 0.6) is 0 Å². The fourth-order valence-electron chi connectivity index (χ4n) is 2.97. The van der Waals surface area contributed by atoms with Crippen LogP contribution in [0.1, 0.15) is 46.7 Å². The summed E-state index contributed by atoms with van der Waals surface area (Å²) in [7, 11) is 0. The van der Waals surface area contributed by atoms with Crippen LogP contribution in [-0.2, 0) is 19.3 Å². The fourth-order valence-corrected chi connectivity index (χ4v) is 4.31. The zero-order valence-electron chi connectivity index (χ0n) is 12.5. The predicted octanol–water partition coefficient (Wildman–Crippen LogP) is 4.66. The molecule has 3 heteroatoms. The Bertz CT molecular complexity index is 566. The van der Waals surface area contributed by atoms with E-state index in [1.165, 1.54) is 29.7 Å². The topological polar surface area (TPSA) is 12.0 Å². The molecule has 0 fully saturated rings. The minimum absolute atomic E-state index is 0.160. The number of hydrogen-bond donors (Lipinski definition) is 1. The van der Waals surface area contributed by atoms with E-state index in [1.807, 2.05) is 23.5 Å². The molecule has 21 heavy (non-hydrogen) atoms. The third-order valence-corrected chi connectivity index (χ3v) is 5.45. The minimum Gasteiger partial charge on any atom is -0.309 e. The Morgan fingerprint density at radius 2 is 2.05 bits per heavy atom. The summed E-state index contributed by atoms with van der Waals surface area (Å²) < 4.78 is 13.0. The largest absolute Gasteiger partial charge is 0.309 e. The normalized spacial score (nSPS) is 15.1. The summed E-state index contributed by atoms with van der Waals surface area (Å²) in [6, 6.07) is 9.66. The molecule has 1 N–H and O–H groups in total. The van der Waals surface area contributed by atoms with E-state index < -0.39 is 0 Å². The zero-order valence-corrected chi connectivity index (χ0v) is 13.3. The Morgan fingerprint density at radius 1 is 1.24 bits per heavy atom. The number of hydrogen-bond acceptors (Lipinski definition) is 2. The molecule has 1 unspecified atom stereocenters. The van der Waals surface area contributed by atoms with Gasteiger partial charge in [-0.2, -0.15) is 0 Å². The van der Waals surface area contributed by atoms with Gasteiger partial charge in [0, 0.05) is 15.8 Å². The highest BCUT2D eigenvalue weighted by Gasteiger charge is 2.20. The Balaban J connectivity index is 1.77. The molecular weight excluding hydrogens is 281 g/mol. The van der Waals surface area contributed by atoms with Gasteiger partial charge in [-0.25, -0.2) is 4.39 Å². The molecule has 1 aromatic heterocycles. The lowest BCUT2D eigenvalue weighted by Crippen LogP contribution is -2.23. The average molecular weight is 303 g/mol. The summed E-state index contributed by atoms with van der Waals surface area (Å²) in [6.45, 7) is 3.21. The Hall–Kier alpha value is -1.19. The lowest BCUT2D eigenvalue weighted by atomic mass is 10.0. The van der Waals surface area contributed by atoms with Gasteiger partial charge in [-0.1, -0.05) is 19.1 Å². The van der Waals surface area contributed by atoms with Gasteiger partial charge in [-0.05, 0) is 68.0 Å². The van der Waals surface area contributed by atoms with Gasteiger partial charge in [-0.15, -0.1) is 11.3 Å². The van der Waals surface area contributed by atoms with E-state index in [-0.39, 0.29) is 5.82 Å². The second-order valence-electron chi connectivity index (χ2n) is 5.79. The zero-order chi connectivity index (χ0) is 14.7. The van der Waals surface area contributed by atoms with Crippen molar-refractivity contribution in [1.82, 2.24) is 5.32 Å². The summed E-state index contributed by atoms with van der Waals surface area (Å²) in [5.74, 6) is -0.160. The third-order valence-electron chi connectivity index (χ3n) is 4.10. The van der Waals surface area contributed by atoms with Crippen molar-refractivity contribution in [3.05, 3.63) is 57.0 Å². The number of benzene rings is 1. The molecule has 1 atom stereocenters. The molecule has 0 bridgehead atoms. The molecule has 3 rings (SSSR count). The Labute approximate surface area is 130 Å². The maximum Gasteiger partial charge on any atom is 0.123 e. The molecule has 0 spiro atoms. The number of aryl methyl sites for hydroxylation is 2. The Morgan fingerprint density at radius 3 is 2.76 bits per heavy atom. The van der Waals surface area contributed by atoms with Crippen molar-refractivity contribution in [2.24, 2.45) is 0 Å². The van der Waals surface area contributed by atoms with Gasteiger partial charge < -0.3 is 5.32 Å². The van der Waals surface area contributed by atoms with Crippen LogP contribution >= 0.6 is 11.3 Å². The second kappa shape index (κ2) is 6.71. The van der Waals surface area contributed by atoms with Gasteiger partial charge in [0.2, 0.25) is 0 Å². The SMILES string of the molecule is CCCNC(Cc1ccc(F)cc1)c1cc2c(s1)CCC2. The van der Waals surface area contributed by atoms with Crippen molar-refractivity contribution in [2.75, 3.05) is 6.54 Å². The van der Waals surface area contributed by atoms with E-state index in [0.29, 0.717) is 6.04 Å². The van der Waals surface area contributed by atoms with Crippen molar-refractivity contribution in [1.29, 1.82) is 0 Å². The number of halogens is 1. The fraction of sp³-hybridized carbons (Fsp3) is 0.444. The molecular formula is C18H22FNS. The van der Waals surface area contributed by atoms with Gasteiger partial charge in [0.05, 0.1) is 0 Å². The monoisotopic (exact) mass is 303 g/mol. The summed E-state index contributed by atoms with van der Waals surface area (Å²) in [5, 5.41) is 3.65. The molecule has 0 aliphatic heterocycles. The van der Waals surface area contributed by atoms with Crippen LogP contribution in [-0.4, -0.2) is 6.54 Å². The smallest absolute Gasteiger partial charge is 0.123 e. The van der Waals surface area contributed by atoms with Crippen LogP contribution in [0.2, 0.25) is 0 Å². The van der Waals surface area contributed by atoms with Crippen LogP contribution in [0.15, 0.2) is 30.3 Å². The Kier molecular flexibility index (Phi) is 4.71. The lowest BCUT2D eigenvalue weighted by Gasteiger charge is -2.17. The van der Waals surface area contributed by atoms with Gasteiger partial charge in [0.1, 0.15) is 5.82 Å². The van der Waals surface area contributed by atoms with Crippen molar-refractivity contribution in [3.8, 4) is 0 Å². The van der Waals surface area contributed by atoms with Crippen molar-refractivity contribution in [3.63, 3.8) is 0 Å². The van der Waals surface area contributed by atoms with Crippen LogP contribution in [0.4, 0.5) is 4.39 Å². The number of nitrogens with one attached hydrogen (secondary N) is 1. The summed E-state index contributed by atoms with van der Waals surface area (Å²) >= 11 is 1.97.